The third-order valence-electron chi connectivity index (χ3n) is 1.37. The van der Waals surface area contributed by atoms with E-state index in [0.29, 0.717) is 0 Å². The lowest BCUT2D eigenvalue weighted by atomic mass is 10.1. The third-order valence-corrected chi connectivity index (χ3v) is 1.74. The molecule has 0 aromatic heterocycles. The Kier molecular flexibility index (Phi) is 7.41. The van der Waals surface area contributed by atoms with Crippen molar-refractivity contribution in [3.05, 3.63) is 37.0 Å². The molecule has 72 valence electrons. The Morgan fingerprint density at radius 3 is 2.31 bits per heavy atom. The van der Waals surface area contributed by atoms with Crippen LogP contribution in [0, 0.1) is 0 Å². The summed E-state index contributed by atoms with van der Waals surface area (Å²) in [6.45, 7) is 7.36. The predicted molar refractivity (Wildman–Crippen MR) is 53.5 cm³/mol. The van der Waals surface area contributed by atoms with E-state index in [1.807, 2.05) is 0 Å². The normalized spacial score (nSPS) is 10.4. The quantitative estimate of drug-likeness (QED) is 0.508. The van der Waals surface area contributed by atoms with Crippen LogP contribution in [0.15, 0.2) is 37.0 Å². The molecule has 4 heteroatoms. The van der Waals surface area contributed by atoms with Crippen molar-refractivity contribution in [3.8, 4) is 0 Å². The van der Waals surface area contributed by atoms with E-state index in [9.17, 15) is 4.57 Å². The first kappa shape index (κ1) is 12.2. The molecule has 3 nitrogen and oxygen atoms in total. The zero-order valence-electron chi connectivity index (χ0n) is 7.48. The molecule has 0 saturated carbocycles. The fourth-order valence-electron chi connectivity index (χ4n) is 0.840. The maximum atomic E-state index is 10.2. The Morgan fingerprint density at radius 2 is 1.92 bits per heavy atom. The Hall–Kier alpha value is -0.760. The summed E-state index contributed by atoms with van der Waals surface area (Å²) >= 11 is 0. The molecule has 0 radical (unpaired) electrons. The van der Waals surface area contributed by atoms with Gasteiger partial charge >= 0.3 is 8.25 Å². The minimum Gasteiger partial charge on any atom is -0.133 e. The largest absolute Gasteiger partial charge is 0.695 e. The summed E-state index contributed by atoms with van der Waals surface area (Å²) in [5.74, 6) is 0. The molecule has 0 aliphatic rings. The van der Waals surface area contributed by atoms with Crippen LogP contribution in [0.2, 0.25) is 0 Å². The van der Waals surface area contributed by atoms with Gasteiger partial charge in [-0.25, -0.2) is 0 Å². The molecule has 0 bridgehead atoms. The van der Waals surface area contributed by atoms with Crippen molar-refractivity contribution in [1.82, 2.24) is 0 Å². The van der Waals surface area contributed by atoms with E-state index in [4.69, 9.17) is 4.89 Å². The second-order valence-corrected chi connectivity index (χ2v) is 3.12. The van der Waals surface area contributed by atoms with Gasteiger partial charge in [0.2, 0.25) is 0 Å². The first-order chi connectivity index (χ1) is 6.20. The van der Waals surface area contributed by atoms with Gasteiger partial charge in [0.15, 0.2) is 0 Å². The summed E-state index contributed by atoms with van der Waals surface area (Å²) in [6.07, 6.45) is 6.81. The second kappa shape index (κ2) is 7.87. The Balaban J connectivity index is 3.93. The van der Waals surface area contributed by atoms with Gasteiger partial charge < -0.3 is 0 Å². The molecule has 0 spiro atoms. The number of allylic oxidation sites excluding steroid dienone is 3. The van der Waals surface area contributed by atoms with Crippen LogP contribution in [0.4, 0.5) is 0 Å². The van der Waals surface area contributed by atoms with Crippen LogP contribution in [-0.4, -0.2) is 11.5 Å². The Morgan fingerprint density at radius 1 is 1.38 bits per heavy atom. The molecule has 0 rings (SSSR count). The molecule has 0 amide bonds. The van der Waals surface area contributed by atoms with Crippen molar-refractivity contribution < 1.29 is 14.0 Å². The number of hydrogen-bond acceptors (Lipinski definition) is 2. The lowest BCUT2D eigenvalue weighted by Crippen LogP contribution is -1.85. The average molecular weight is 201 g/mol. The molecule has 0 aromatic rings. The molecule has 1 unspecified atom stereocenters. The van der Waals surface area contributed by atoms with Crippen molar-refractivity contribution in [3.63, 3.8) is 0 Å². The van der Waals surface area contributed by atoms with Crippen LogP contribution in [-0.2, 0) is 9.09 Å². The lowest BCUT2D eigenvalue weighted by Gasteiger charge is -1.97. The van der Waals surface area contributed by atoms with Gasteiger partial charge in [-0.1, -0.05) is 23.8 Å². The minimum absolute atomic E-state index is 0.155. The van der Waals surface area contributed by atoms with E-state index < -0.39 is 8.25 Å². The van der Waals surface area contributed by atoms with Crippen molar-refractivity contribution in [2.45, 2.75) is 12.8 Å². The van der Waals surface area contributed by atoms with Crippen LogP contribution >= 0.6 is 8.25 Å². The van der Waals surface area contributed by atoms with Gasteiger partial charge in [-0.2, -0.15) is 0 Å². The highest BCUT2D eigenvalue weighted by Gasteiger charge is 2.09. The van der Waals surface area contributed by atoms with Gasteiger partial charge in [0.05, 0.1) is 0 Å². The molecule has 0 fully saturated rings. The summed E-state index contributed by atoms with van der Waals surface area (Å²) in [5.41, 5.74) is 1.09. The highest BCUT2D eigenvalue weighted by Crippen LogP contribution is 2.15. The van der Waals surface area contributed by atoms with E-state index in [2.05, 4.69) is 17.7 Å². The van der Waals surface area contributed by atoms with Crippen LogP contribution < -0.4 is 0 Å². The summed E-state index contributed by atoms with van der Waals surface area (Å²) in [4.78, 5) is 8.34. The van der Waals surface area contributed by atoms with Crippen molar-refractivity contribution >= 4 is 8.25 Å². The van der Waals surface area contributed by atoms with Gasteiger partial charge in [0.1, 0.15) is 6.61 Å². The molecule has 1 N–H and O–H groups in total. The van der Waals surface area contributed by atoms with Crippen LogP contribution in [0.5, 0.6) is 0 Å². The maximum Gasteiger partial charge on any atom is 0.695 e. The van der Waals surface area contributed by atoms with Gasteiger partial charge in [-0.15, -0.1) is 22.6 Å². The van der Waals surface area contributed by atoms with Gasteiger partial charge in [-0.3, -0.25) is 0 Å². The standard InChI is InChI=1S/C9H13O3P/c1-3-5-9(6-4-2)7-8-12-13(10)11/h3-4,7H,1-2,5-6,8H2/p+1. The summed E-state index contributed by atoms with van der Waals surface area (Å²) < 4.78 is 14.6. The Labute approximate surface area is 79.4 Å². The topological polar surface area (TPSA) is 46.5 Å². The Bertz CT molecular complexity index is 209. The molecule has 0 aliphatic carbocycles. The van der Waals surface area contributed by atoms with Crippen molar-refractivity contribution in [2.75, 3.05) is 6.61 Å². The molecule has 0 aliphatic heterocycles. The highest BCUT2D eigenvalue weighted by atomic mass is 31.1. The first-order valence-corrected chi connectivity index (χ1v) is 5.02. The minimum atomic E-state index is -2.50. The molecular formula is C9H14O3P+. The third kappa shape index (κ3) is 7.60. The fraction of sp³-hybridized carbons (Fsp3) is 0.333. The molecule has 1 atom stereocenters. The molecule has 13 heavy (non-hydrogen) atoms. The van der Waals surface area contributed by atoms with Crippen molar-refractivity contribution in [2.24, 2.45) is 0 Å². The van der Waals surface area contributed by atoms with E-state index in [1.165, 1.54) is 0 Å². The van der Waals surface area contributed by atoms with E-state index in [0.717, 1.165) is 18.4 Å². The molecule has 0 heterocycles. The number of hydrogen-bond donors (Lipinski definition) is 1. The highest BCUT2D eigenvalue weighted by molar-refractivity contribution is 7.32. The van der Waals surface area contributed by atoms with E-state index >= 15 is 0 Å². The molecule has 0 aromatic carbocycles. The first-order valence-electron chi connectivity index (χ1n) is 3.89. The lowest BCUT2D eigenvalue weighted by molar-refractivity contribution is 0.312. The van der Waals surface area contributed by atoms with Crippen molar-refractivity contribution in [1.29, 1.82) is 0 Å². The van der Waals surface area contributed by atoms with E-state index in [1.54, 1.807) is 18.2 Å². The van der Waals surface area contributed by atoms with E-state index in [-0.39, 0.29) is 6.61 Å². The zero-order valence-corrected chi connectivity index (χ0v) is 8.37. The fourth-order valence-corrected chi connectivity index (χ4v) is 1.04. The average Bonchev–Trinajstić information content (AvgIpc) is 2.04. The smallest absolute Gasteiger partial charge is 0.133 e. The summed E-state index contributed by atoms with van der Waals surface area (Å²) in [5, 5.41) is 0. The van der Waals surface area contributed by atoms with Crippen LogP contribution in [0.1, 0.15) is 12.8 Å². The number of rotatable bonds is 7. The maximum absolute atomic E-state index is 10.2. The summed E-state index contributed by atoms with van der Waals surface area (Å²) in [7, 11) is -2.50. The van der Waals surface area contributed by atoms with Gasteiger partial charge in [0.25, 0.3) is 0 Å². The van der Waals surface area contributed by atoms with Gasteiger partial charge in [-0.05, 0) is 12.8 Å². The van der Waals surface area contributed by atoms with Gasteiger partial charge in [0, 0.05) is 4.57 Å². The van der Waals surface area contributed by atoms with Crippen LogP contribution in [0.25, 0.3) is 0 Å². The monoisotopic (exact) mass is 201 g/mol. The zero-order chi connectivity index (χ0) is 10.1. The molecular weight excluding hydrogens is 187 g/mol. The predicted octanol–water partition coefficient (Wildman–Crippen LogP) is 2.73. The second-order valence-electron chi connectivity index (χ2n) is 2.38. The van der Waals surface area contributed by atoms with Crippen LogP contribution in [0.3, 0.4) is 0 Å². The SMILES string of the molecule is C=CCC(=CCO[P+](=O)O)CC=C. The summed E-state index contributed by atoms with van der Waals surface area (Å²) in [6, 6.07) is 0. The molecule has 0 saturated heterocycles.